The molecule has 0 aliphatic carbocycles. The van der Waals surface area contributed by atoms with E-state index in [-0.39, 0.29) is 24.0 Å². The van der Waals surface area contributed by atoms with Crippen molar-refractivity contribution in [3.63, 3.8) is 0 Å². The summed E-state index contributed by atoms with van der Waals surface area (Å²) in [5.74, 6) is 1.05. The molecule has 0 aromatic heterocycles. The molecule has 0 spiro atoms. The van der Waals surface area contributed by atoms with Crippen LogP contribution in [0.15, 0.2) is 4.99 Å². The van der Waals surface area contributed by atoms with E-state index in [9.17, 15) is 0 Å². The molecule has 0 aliphatic heterocycles. The second kappa shape index (κ2) is 9.87. The minimum atomic E-state index is 0. The Morgan fingerprint density at radius 3 is 1.89 bits per heavy atom. The predicted molar refractivity (Wildman–Crippen MR) is 93.0 cm³/mol. The molecule has 3 nitrogen and oxygen atoms in total. The van der Waals surface area contributed by atoms with Gasteiger partial charge in [0, 0.05) is 34.7 Å². The second-order valence-electron chi connectivity index (χ2n) is 6.03. The molecule has 0 saturated heterocycles. The summed E-state index contributed by atoms with van der Waals surface area (Å²) in [4.78, 5) is 8.88. The fourth-order valence-electron chi connectivity index (χ4n) is 1.90. The normalized spacial score (nSPS) is 10.6. The molecule has 0 saturated carbocycles. The summed E-state index contributed by atoms with van der Waals surface area (Å²) >= 11 is 0. The van der Waals surface area contributed by atoms with Gasteiger partial charge in [-0.2, -0.15) is 0 Å². The van der Waals surface area contributed by atoms with Crippen LogP contribution in [0.1, 0.15) is 46.5 Å². The summed E-state index contributed by atoms with van der Waals surface area (Å²) in [5, 5.41) is 0. The van der Waals surface area contributed by atoms with E-state index in [1.165, 1.54) is 25.7 Å². The van der Waals surface area contributed by atoms with Gasteiger partial charge in [-0.1, -0.05) is 40.0 Å². The Bertz CT molecular complexity index is 225. The molecular weight excluding hydrogens is 337 g/mol. The number of hydrogen-bond donors (Lipinski definition) is 0. The van der Waals surface area contributed by atoms with Gasteiger partial charge in [-0.15, -0.1) is 24.0 Å². The summed E-state index contributed by atoms with van der Waals surface area (Å²) in [6.07, 6.45) is 5.21. The molecule has 0 aromatic rings. The van der Waals surface area contributed by atoms with Gasteiger partial charge in [-0.25, -0.2) is 0 Å². The zero-order valence-electron chi connectivity index (χ0n) is 13.3. The van der Waals surface area contributed by atoms with Gasteiger partial charge in [0.1, 0.15) is 0 Å². The van der Waals surface area contributed by atoms with Crippen molar-refractivity contribution in [2.24, 2.45) is 10.4 Å². The predicted octanol–water partition coefficient (Wildman–Crippen LogP) is 3.69. The van der Waals surface area contributed by atoms with Crippen molar-refractivity contribution in [2.45, 2.75) is 46.5 Å². The summed E-state index contributed by atoms with van der Waals surface area (Å²) in [6, 6.07) is 0. The van der Waals surface area contributed by atoms with Crippen LogP contribution in [-0.2, 0) is 0 Å². The SMILES string of the molecule is CCCCCC(C)(C)CN=C(N(C)C)N(C)C.I. The molecule has 4 heteroatoms. The molecule has 0 radical (unpaired) electrons. The van der Waals surface area contributed by atoms with E-state index < -0.39 is 0 Å². The quantitative estimate of drug-likeness (QED) is 0.308. The lowest BCUT2D eigenvalue weighted by Crippen LogP contribution is -2.36. The van der Waals surface area contributed by atoms with E-state index in [2.05, 4.69) is 30.6 Å². The van der Waals surface area contributed by atoms with Crippen LogP contribution in [0.2, 0.25) is 0 Å². The molecule has 0 heterocycles. The molecule has 0 fully saturated rings. The first-order chi connectivity index (χ1) is 7.80. The Balaban J connectivity index is 0. The largest absolute Gasteiger partial charge is 0.349 e. The van der Waals surface area contributed by atoms with Gasteiger partial charge in [0.25, 0.3) is 0 Å². The van der Waals surface area contributed by atoms with Gasteiger partial charge in [0.15, 0.2) is 5.96 Å². The van der Waals surface area contributed by atoms with E-state index >= 15 is 0 Å². The summed E-state index contributed by atoms with van der Waals surface area (Å²) in [5.41, 5.74) is 0.312. The molecule has 0 unspecified atom stereocenters. The molecule has 0 N–H and O–H groups in total. The third-order valence-corrected chi connectivity index (χ3v) is 2.91. The monoisotopic (exact) mass is 369 g/mol. The van der Waals surface area contributed by atoms with Gasteiger partial charge in [-0.05, 0) is 11.8 Å². The molecule has 0 rings (SSSR count). The lowest BCUT2D eigenvalue weighted by atomic mass is 9.87. The zero-order chi connectivity index (χ0) is 13.5. The van der Waals surface area contributed by atoms with Crippen LogP contribution in [0, 0.1) is 5.41 Å². The number of hydrogen-bond acceptors (Lipinski definition) is 1. The van der Waals surface area contributed by atoms with Crippen LogP contribution in [-0.4, -0.2) is 50.5 Å². The van der Waals surface area contributed by atoms with E-state index in [4.69, 9.17) is 4.99 Å². The highest BCUT2D eigenvalue weighted by atomic mass is 127. The molecule has 0 aromatic carbocycles. The average Bonchev–Trinajstić information content (AvgIpc) is 2.16. The first-order valence-electron chi connectivity index (χ1n) is 6.69. The smallest absolute Gasteiger partial charge is 0.195 e. The maximum Gasteiger partial charge on any atom is 0.195 e. The fourth-order valence-corrected chi connectivity index (χ4v) is 1.90. The third kappa shape index (κ3) is 9.00. The van der Waals surface area contributed by atoms with Crippen LogP contribution >= 0.6 is 24.0 Å². The number of rotatable bonds is 6. The van der Waals surface area contributed by atoms with Crippen molar-refractivity contribution in [3.8, 4) is 0 Å². The second-order valence-corrected chi connectivity index (χ2v) is 6.03. The lowest BCUT2D eigenvalue weighted by Gasteiger charge is -2.27. The Hall–Kier alpha value is 0. The third-order valence-electron chi connectivity index (χ3n) is 2.91. The first kappa shape index (κ1) is 20.3. The van der Waals surface area contributed by atoms with Crippen molar-refractivity contribution in [1.82, 2.24) is 9.80 Å². The first-order valence-corrected chi connectivity index (χ1v) is 6.69. The average molecular weight is 369 g/mol. The van der Waals surface area contributed by atoms with Gasteiger partial charge in [0.2, 0.25) is 0 Å². The van der Waals surface area contributed by atoms with Crippen molar-refractivity contribution in [2.75, 3.05) is 34.7 Å². The molecule has 110 valence electrons. The Labute approximate surface area is 131 Å². The number of nitrogens with zero attached hydrogens (tertiary/aromatic N) is 3. The molecule has 0 amide bonds. The van der Waals surface area contributed by atoms with Gasteiger partial charge >= 0.3 is 0 Å². The van der Waals surface area contributed by atoms with Crippen LogP contribution in [0.4, 0.5) is 0 Å². The molecule has 0 atom stereocenters. The summed E-state index contributed by atoms with van der Waals surface area (Å²) < 4.78 is 0. The highest BCUT2D eigenvalue weighted by Crippen LogP contribution is 2.24. The zero-order valence-corrected chi connectivity index (χ0v) is 15.6. The topological polar surface area (TPSA) is 18.8 Å². The van der Waals surface area contributed by atoms with Crippen molar-refractivity contribution in [3.05, 3.63) is 0 Å². The van der Waals surface area contributed by atoms with E-state index in [0.717, 1.165) is 12.5 Å². The molecule has 0 aliphatic rings. The van der Waals surface area contributed by atoms with Crippen LogP contribution in [0.5, 0.6) is 0 Å². The number of aliphatic imine (C=N–C) groups is 1. The Morgan fingerprint density at radius 2 is 1.50 bits per heavy atom. The standard InChI is InChI=1S/C14H31N3.HI/c1-8-9-10-11-14(2,3)12-15-13(16(4)5)17(6)7;/h8-12H2,1-7H3;1H. The molecular formula is C14H32IN3. The molecule has 18 heavy (non-hydrogen) atoms. The van der Waals surface area contributed by atoms with Crippen molar-refractivity contribution >= 4 is 29.9 Å². The maximum atomic E-state index is 4.74. The van der Waals surface area contributed by atoms with E-state index in [1.54, 1.807) is 0 Å². The van der Waals surface area contributed by atoms with Gasteiger partial charge in [0.05, 0.1) is 0 Å². The van der Waals surface area contributed by atoms with E-state index in [1.807, 2.05) is 28.2 Å². The summed E-state index contributed by atoms with van der Waals surface area (Å²) in [7, 11) is 8.18. The van der Waals surface area contributed by atoms with Crippen LogP contribution in [0.25, 0.3) is 0 Å². The number of guanidine groups is 1. The van der Waals surface area contributed by atoms with Crippen LogP contribution < -0.4 is 0 Å². The number of unbranched alkanes of at least 4 members (excludes halogenated alkanes) is 2. The summed E-state index contributed by atoms with van der Waals surface area (Å²) in [6.45, 7) is 7.79. The minimum Gasteiger partial charge on any atom is -0.349 e. The maximum absolute atomic E-state index is 4.74. The van der Waals surface area contributed by atoms with Crippen molar-refractivity contribution < 1.29 is 0 Å². The van der Waals surface area contributed by atoms with Gasteiger partial charge < -0.3 is 9.80 Å². The highest BCUT2D eigenvalue weighted by molar-refractivity contribution is 14.0. The van der Waals surface area contributed by atoms with Gasteiger partial charge in [-0.3, -0.25) is 4.99 Å². The minimum absolute atomic E-state index is 0. The molecule has 0 bridgehead atoms. The fraction of sp³-hybridized carbons (Fsp3) is 0.929. The van der Waals surface area contributed by atoms with E-state index in [0.29, 0.717) is 5.41 Å². The van der Waals surface area contributed by atoms with Crippen LogP contribution in [0.3, 0.4) is 0 Å². The lowest BCUT2D eigenvalue weighted by molar-refractivity contribution is 0.328. The Morgan fingerprint density at radius 1 is 1.00 bits per heavy atom. The number of halogens is 1. The van der Waals surface area contributed by atoms with Crippen molar-refractivity contribution in [1.29, 1.82) is 0 Å². The Kier molecular flexibility index (Phi) is 11.1. The highest BCUT2D eigenvalue weighted by Gasteiger charge is 2.17.